The number of para-hydroxylation sites is 1. The van der Waals surface area contributed by atoms with Crippen LogP contribution in [0.2, 0.25) is 0 Å². The fourth-order valence-electron chi connectivity index (χ4n) is 2.27. The molecule has 24 heavy (non-hydrogen) atoms. The van der Waals surface area contributed by atoms with Gasteiger partial charge in [-0.05, 0) is 30.7 Å². The van der Waals surface area contributed by atoms with Crippen molar-refractivity contribution in [3.63, 3.8) is 0 Å². The number of methoxy groups -OCH3 is 1. The summed E-state index contributed by atoms with van der Waals surface area (Å²) in [6.07, 6.45) is 0. The van der Waals surface area contributed by atoms with Crippen molar-refractivity contribution < 1.29 is 14.3 Å². The molecule has 0 atom stereocenters. The number of hydrogen-bond donors (Lipinski definition) is 1. The van der Waals surface area contributed by atoms with Gasteiger partial charge in [0, 0.05) is 31.5 Å². The lowest BCUT2D eigenvalue weighted by molar-refractivity contribution is 0.134. The molecule has 0 aliphatic carbocycles. The molecule has 2 amide bonds. The van der Waals surface area contributed by atoms with Crippen molar-refractivity contribution in [2.75, 3.05) is 26.1 Å². The van der Waals surface area contributed by atoms with E-state index in [9.17, 15) is 4.79 Å². The molecule has 0 heterocycles. The zero-order valence-corrected chi connectivity index (χ0v) is 14.4. The van der Waals surface area contributed by atoms with E-state index in [0.29, 0.717) is 19.8 Å². The molecular formula is C19H24N2O3. The van der Waals surface area contributed by atoms with Crippen molar-refractivity contribution in [3.05, 3.63) is 59.7 Å². The zero-order chi connectivity index (χ0) is 17.4. The lowest BCUT2D eigenvalue weighted by Crippen LogP contribution is -2.31. The molecule has 128 valence electrons. The molecule has 0 spiro atoms. The Morgan fingerprint density at radius 3 is 2.50 bits per heavy atom. The fourth-order valence-corrected chi connectivity index (χ4v) is 2.27. The van der Waals surface area contributed by atoms with Crippen LogP contribution in [0.1, 0.15) is 18.1 Å². The maximum absolute atomic E-state index is 12.4. The van der Waals surface area contributed by atoms with Crippen molar-refractivity contribution in [2.24, 2.45) is 0 Å². The molecule has 0 aromatic heterocycles. The number of carbonyl (C=O) groups excluding carboxylic acids is 1. The molecule has 0 aliphatic heterocycles. The van der Waals surface area contributed by atoms with Crippen LogP contribution < -0.4 is 10.1 Å². The molecule has 0 bridgehead atoms. The molecule has 0 saturated carbocycles. The molecule has 2 rings (SSSR count). The van der Waals surface area contributed by atoms with Gasteiger partial charge in [-0.1, -0.05) is 30.3 Å². The first kappa shape index (κ1) is 17.8. The van der Waals surface area contributed by atoms with Crippen molar-refractivity contribution >= 4 is 11.7 Å². The number of ether oxygens (including phenoxy) is 2. The van der Waals surface area contributed by atoms with Gasteiger partial charge in [-0.15, -0.1) is 0 Å². The summed E-state index contributed by atoms with van der Waals surface area (Å²) in [6.45, 7) is 3.59. The van der Waals surface area contributed by atoms with E-state index in [1.54, 1.807) is 19.1 Å². The summed E-state index contributed by atoms with van der Waals surface area (Å²) in [7, 11) is 3.40. The molecule has 0 radical (unpaired) electrons. The highest BCUT2D eigenvalue weighted by Crippen LogP contribution is 2.17. The van der Waals surface area contributed by atoms with E-state index in [1.807, 2.05) is 55.5 Å². The zero-order valence-electron chi connectivity index (χ0n) is 14.4. The molecule has 0 aliphatic rings. The molecule has 5 heteroatoms. The summed E-state index contributed by atoms with van der Waals surface area (Å²) in [5, 5.41) is 2.94. The highest BCUT2D eigenvalue weighted by molar-refractivity contribution is 5.89. The van der Waals surface area contributed by atoms with Crippen LogP contribution in [0, 0.1) is 0 Å². The minimum Gasteiger partial charge on any atom is -0.497 e. The third-order valence-electron chi connectivity index (χ3n) is 3.65. The van der Waals surface area contributed by atoms with Gasteiger partial charge in [-0.25, -0.2) is 4.79 Å². The van der Waals surface area contributed by atoms with Crippen LogP contribution in [0.5, 0.6) is 5.75 Å². The Labute approximate surface area is 143 Å². The second-order valence-electron chi connectivity index (χ2n) is 5.43. The number of benzene rings is 2. The van der Waals surface area contributed by atoms with Crippen LogP contribution in [0.4, 0.5) is 10.5 Å². The molecule has 5 nitrogen and oxygen atoms in total. The van der Waals surface area contributed by atoms with E-state index in [-0.39, 0.29) is 6.03 Å². The minimum atomic E-state index is -0.158. The summed E-state index contributed by atoms with van der Waals surface area (Å²) < 4.78 is 10.6. The Hall–Kier alpha value is -2.53. The Morgan fingerprint density at radius 1 is 1.12 bits per heavy atom. The Morgan fingerprint density at radius 2 is 1.83 bits per heavy atom. The number of urea groups is 1. The number of carbonyl (C=O) groups is 1. The SMILES string of the molecule is CCOCc1ccccc1NC(=O)N(C)Cc1ccc(OC)cc1. The van der Waals surface area contributed by atoms with Gasteiger partial charge in [0.05, 0.1) is 13.7 Å². The van der Waals surface area contributed by atoms with Crippen LogP contribution in [0.3, 0.4) is 0 Å². The monoisotopic (exact) mass is 328 g/mol. The molecule has 0 saturated heterocycles. The topological polar surface area (TPSA) is 50.8 Å². The van der Waals surface area contributed by atoms with E-state index >= 15 is 0 Å². The predicted molar refractivity (Wildman–Crippen MR) is 95.3 cm³/mol. The van der Waals surface area contributed by atoms with Crippen LogP contribution in [0.25, 0.3) is 0 Å². The van der Waals surface area contributed by atoms with E-state index in [0.717, 1.165) is 22.6 Å². The number of anilines is 1. The minimum absolute atomic E-state index is 0.158. The van der Waals surface area contributed by atoms with Gasteiger partial charge in [0.15, 0.2) is 0 Å². The standard InChI is InChI=1S/C19H24N2O3/c1-4-24-14-16-7-5-6-8-18(16)20-19(22)21(2)13-15-9-11-17(23-3)12-10-15/h5-12H,4,13-14H2,1-3H3,(H,20,22). The van der Waals surface area contributed by atoms with E-state index in [1.165, 1.54) is 0 Å². The Balaban J connectivity index is 1.98. The quantitative estimate of drug-likeness (QED) is 0.839. The second-order valence-corrected chi connectivity index (χ2v) is 5.43. The van der Waals surface area contributed by atoms with Gasteiger partial charge in [-0.2, -0.15) is 0 Å². The van der Waals surface area contributed by atoms with Gasteiger partial charge in [0.25, 0.3) is 0 Å². The average Bonchev–Trinajstić information content (AvgIpc) is 2.61. The maximum Gasteiger partial charge on any atom is 0.321 e. The fraction of sp³-hybridized carbons (Fsp3) is 0.316. The molecular weight excluding hydrogens is 304 g/mol. The number of amides is 2. The van der Waals surface area contributed by atoms with Crippen LogP contribution in [0.15, 0.2) is 48.5 Å². The molecule has 0 unspecified atom stereocenters. The highest BCUT2D eigenvalue weighted by atomic mass is 16.5. The van der Waals surface area contributed by atoms with Crippen LogP contribution in [-0.4, -0.2) is 31.7 Å². The van der Waals surface area contributed by atoms with Crippen LogP contribution >= 0.6 is 0 Å². The summed E-state index contributed by atoms with van der Waals surface area (Å²) in [5.74, 6) is 0.802. The predicted octanol–water partition coefficient (Wildman–Crippen LogP) is 3.90. The van der Waals surface area contributed by atoms with Gasteiger partial charge in [0.1, 0.15) is 5.75 Å². The number of nitrogens with zero attached hydrogens (tertiary/aromatic N) is 1. The first-order valence-electron chi connectivity index (χ1n) is 7.94. The third kappa shape index (κ3) is 4.99. The molecule has 1 N–H and O–H groups in total. The van der Waals surface area contributed by atoms with Crippen molar-refractivity contribution in [2.45, 2.75) is 20.1 Å². The van der Waals surface area contributed by atoms with Crippen molar-refractivity contribution in [1.29, 1.82) is 0 Å². The summed E-state index contributed by atoms with van der Waals surface area (Å²) >= 11 is 0. The average molecular weight is 328 g/mol. The number of rotatable bonds is 7. The van der Waals surface area contributed by atoms with Crippen molar-refractivity contribution in [1.82, 2.24) is 4.90 Å². The number of hydrogen-bond acceptors (Lipinski definition) is 3. The van der Waals surface area contributed by atoms with Gasteiger partial charge in [-0.3, -0.25) is 0 Å². The van der Waals surface area contributed by atoms with Gasteiger partial charge in [0.2, 0.25) is 0 Å². The second kappa shape index (κ2) is 8.93. The smallest absolute Gasteiger partial charge is 0.321 e. The maximum atomic E-state index is 12.4. The first-order valence-corrected chi connectivity index (χ1v) is 7.94. The number of nitrogens with one attached hydrogen (secondary N) is 1. The summed E-state index contributed by atoms with van der Waals surface area (Å²) in [6, 6.07) is 15.2. The lowest BCUT2D eigenvalue weighted by atomic mass is 10.2. The lowest BCUT2D eigenvalue weighted by Gasteiger charge is -2.19. The largest absolute Gasteiger partial charge is 0.497 e. The summed E-state index contributed by atoms with van der Waals surface area (Å²) in [4.78, 5) is 14.1. The van der Waals surface area contributed by atoms with Gasteiger partial charge >= 0.3 is 6.03 Å². The Bertz CT molecular complexity index is 656. The van der Waals surface area contributed by atoms with Crippen LogP contribution in [-0.2, 0) is 17.9 Å². The first-order chi connectivity index (χ1) is 11.6. The highest BCUT2D eigenvalue weighted by Gasteiger charge is 2.11. The van der Waals surface area contributed by atoms with E-state index < -0.39 is 0 Å². The normalized spacial score (nSPS) is 10.3. The molecule has 2 aromatic carbocycles. The third-order valence-corrected chi connectivity index (χ3v) is 3.65. The molecule has 0 fully saturated rings. The van der Waals surface area contributed by atoms with Gasteiger partial charge < -0.3 is 19.7 Å². The van der Waals surface area contributed by atoms with E-state index in [2.05, 4.69) is 5.32 Å². The van der Waals surface area contributed by atoms with Crippen molar-refractivity contribution in [3.8, 4) is 5.75 Å². The van der Waals surface area contributed by atoms with E-state index in [4.69, 9.17) is 9.47 Å². The summed E-state index contributed by atoms with van der Waals surface area (Å²) in [5.41, 5.74) is 2.78. The molecule has 2 aromatic rings. The Kier molecular flexibility index (Phi) is 6.63.